The van der Waals surface area contributed by atoms with E-state index in [2.05, 4.69) is 34.3 Å². The molecule has 6 atom stereocenters. The quantitative estimate of drug-likeness (QED) is 0.423. The zero-order valence-corrected chi connectivity index (χ0v) is 20.0. The summed E-state index contributed by atoms with van der Waals surface area (Å²) < 4.78 is 17.3. The van der Waals surface area contributed by atoms with E-state index in [0.717, 1.165) is 30.8 Å². The fourth-order valence-corrected chi connectivity index (χ4v) is 8.17. The summed E-state index contributed by atoms with van der Waals surface area (Å²) in [6.07, 6.45) is 8.15. The van der Waals surface area contributed by atoms with Gasteiger partial charge in [-0.1, -0.05) is 46.3 Å². The lowest BCUT2D eigenvalue weighted by atomic mass is 9.39. The molecule has 4 heteroatoms. The molecule has 1 heterocycles. The highest BCUT2D eigenvalue weighted by molar-refractivity contribution is 5.77. The average molecular weight is 419 g/mol. The van der Waals surface area contributed by atoms with Gasteiger partial charge >= 0.3 is 5.97 Å². The van der Waals surface area contributed by atoms with Gasteiger partial charge in [0.1, 0.15) is 12.7 Å². The Morgan fingerprint density at radius 1 is 1.03 bits per heavy atom. The van der Waals surface area contributed by atoms with E-state index in [1.807, 2.05) is 13.8 Å². The number of carbonyl (C=O) groups is 1. The fraction of sp³-hybridized carbons (Fsp3) is 0.885. The van der Waals surface area contributed by atoms with E-state index in [1.54, 1.807) is 0 Å². The van der Waals surface area contributed by atoms with Gasteiger partial charge in [-0.15, -0.1) is 0 Å². The minimum absolute atomic E-state index is 0.0581. The second-order valence-corrected chi connectivity index (χ2v) is 12.2. The third kappa shape index (κ3) is 3.56. The molecule has 0 N–H and O–H groups in total. The first-order valence-corrected chi connectivity index (χ1v) is 12.1. The van der Waals surface area contributed by atoms with Crippen LogP contribution in [0.2, 0.25) is 0 Å². The molecular weight excluding hydrogens is 376 g/mol. The van der Waals surface area contributed by atoms with E-state index >= 15 is 0 Å². The second-order valence-electron chi connectivity index (χ2n) is 12.2. The Balaban J connectivity index is 1.53. The molecule has 0 aromatic carbocycles. The molecule has 0 bridgehead atoms. The maximum atomic E-state index is 13.4. The molecule has 0 amide bonds. The standard InChI is InChI=1S/C26H42O4/c1-17-9-10-20-25(6)13-8-12-23(2,3)19(25)11-14-26(20,7)21(17)22(27)28-15-18-16-29-24(4,5)30-18/h18-21H,1,8-16H2,2-7H3/t18-,19-,20+,21-,25-,26+/m0/s1. The first kappa shape index (κ1) is 22.3. The SMILES string of the molecule is C=C1CC[C@H]2[C@@](C)(CC[C@H]3C(C)(C)CCC[C@]23C)[C@@H]1C(=O)OC[C@H]1COC(C)(C)O1. The lowest BCUT2D eigenvalue weighted by Gasteiger charge is -2.65. The molecule has 0 aromatic heterocycles. The molecule has 3 aliphatic carbocycles. The number of carbonyl (C=O) groups excluding carboxylic acids is 1. The van der Waals surface area contributed by atoms with Gasteiger partial charge in [0.25, 0.3) is 0 Å². The van der Waals surface area contributed by atoms with E-state index < -0.39 is 5.79 Å². The van der Waals surface area contributed by atoms with Gasteiger partial charge in [-0.05, 0) is 80.5 Å². The van der Waals surface area contributed by atoms with Gasteiger partial charge in [-0.2, -0.15) is 0 Å². The zero-order chi connectivity index (χ0) is 21.9. The molecule has 3 saturated carbocycles. The van der Waals surface area contributed by atoms with E-state index in [9.17, 15) is 4.79 Å². The van der Waals surface area contributed by atoms with Crippen LogP contribution in [0.3, 0.4) is 0 Å². The second kappa shape index (κ2) is 7.33. The van der Waals surface area contributed by atoms with Gasteiger partial charge in [0, 0.05) is 0 Å². The summed E-state index contributed by atoms with van der Waals surface area (Å²) in [5.74, 6) is 0.401. The zero-order valence-electron chi connectivity index (χ0n) is 20.0. The highest BCUT2D eigenvalue weighted by Crippen LogP contribution is 2.69. The van der Waals surface area contributed by atoms with Crippen molar-refractivity contribution in [3.05, 3.63) is 12.2 Å². The smallest absolute Gasteiger partial charge is 0.313 e. The van der Waals surface area contributed by atoms with E-state index in [4.69, 9.17) is 14.2 Å². The number of rotatable bonds is 3. The van der Waals surface area contributed by atoms with Crippen molar-refractivity contribution < 1.29 is 19.0 Å². The van der Waals surface area contributed by atoms with Gasteiger partial charge in [-0.25, -0.2) is 0 Å². The average Bonchev–Trinajstić information content (AvgIpc) is 2.97. The lowest BCUT2D eigenvalue weighted by Crippen LogP contribution is -2.59. The van der Waals surface area contributed by atoms with Crippen LogP contribution in [0, 0.1) is 34.0 Å². The third-order valence-corrected chi connectivity index (χ3v) is 9.38. The van der Waals surface area contributed by atoms with E-state index in [-0.39, 0.29) is 30.0 Å². The Morgan fingerprint density at radius 3 is 2.43 bits per heavy atom. The Morgan fingerprint density at radius 2 is 1.77 bits per heavy atom. The predicted octanol–water partition coefficient (Wildman–Crippen LogP) is 5.90. The van der Waals surface area contributed by atoms with Crippen molar-refractivity contribution in [3.63, 3.8) is 0 Å². The summed E-state index contributed by atoms with van der Waals surface area (Å²) in [5.41, 5.74) is 1.71. The van der Waals surface area contributed by atoms with Crippen LogP contribution >= 0.6 is 0 Å². The van der Waals surface area contributed by atoms with E-state index in [0.29, 0.717) is 23.4 Å². The molecule has 0 radical (unpaired) electrons. The van der Waals surface area contributed by atoms with Crippen molar-refractivity contribution in [2.75, 3.05) is 13.2 Å². The molecule has 0 spiro atoms. The van der Waals surface area contributed by atoms with E-state index in [1.165, 1.54) is 25.7 Å². The minimum Gasteiger partial charge on any atom is -0.462 e. The molecule has 4 aliphatic rings. The summed E-state index contributed by atoms with van der Waals surface area (Å²) in [5, 5.41) is 0. The highest BCUT2D eigenvalue weighted by Gasteiger charge is 2.62. The lowest BCUT2D eigenvalue weighted by molar-refractivity contribution is -0.181. The molecule has 4 fully saturated rings. The largest absolute Gasteiger partial charge is 0.462 e. The van der Waals surface area contributed by atoms with Crippen LogP contribution in [0.25, 0.3) is 0 Å². The third-order valence-electron chi connectivity index (χ3n) is 9.38. The Kier molecular flexibility index (Phi) is 5.46. The van der Waals surface area contributed by atoms with Crippen LogP contribution < -0.4 is 0 Å². The number of hydrogen-bond donors (Lipinski definition) is 0. The van der Waals surface area contributed by atoms with Crippen LogP contribution in [0.4, 0.5) is 0 Å². The summed E-state index contributed by atoms with van der Waals surface area (Å²) in [4.78, 5) is 13.4. The molecular formula is C26H42O4. The monoisotopic (exact) mass is 418 g/mol. The molecule has 1 saturated heterocycles. The summed E-state index contributed by atoms with van der Waals surface area (Å²) in [6.45, 7) is 18.7. The molecule has 0 aromatic rings. The van der Waals surface area contributed by atoms with Crippen molar-refractivity contribution in [1.82, 2.24) is 0 Å². The van der Waals surface area contributed by atoms with Crippen molar-refractivity contribution in [1.29, 1.82) is 0 Å². The summed E-state index contributed by atoms with van der Waals surface area (Å²) in [7, 11) is 0. The Labute approximate surface area is 183 Å². The first-order valence-electron chi connectivity index (χ1n) is 12.1. The topological polar surface area (TPSA) is 44.8 Å². The van der Waals surface area contributed by atoms with Crippen LogP contribution in [-0.4, -0.2) is 31.1 Å². The Hall–Kier alpha value is -0.870. The molecule has 4 rings (SSSR count). The Bertz CT molecular complexity index is 710. The number of esters is 1. The van der Waals surface area contributed by atoms with Crippen LogP contribution in [0.1, 0.15) is 86.5 Å². The predicted molar refractivity (Wildman–Crippen MR) is 118 cm³/mol. The summed E-state index contributed by atoms with van der Waals surface area (Å²) >= 11 is 0. The molecule has 170 valence electrons. The summed E-state index contributed by atoms with van der Waals surface area (Å²) in [6, 6.07) is 0. The molecule has 30 heavy (non-hydrogen) atoms. The maximum absolute atomic E-state index is 13.4. The highest BCUT2D eigenvalue weighted by atomic mass is 16.7. The van der Waals surface area contributed by atoms with Gasteiger partial charge in [-0.3, -0.25) is 4.79 Å². The van der Waals surface area contributed by atoms with Crippen molar-refractivity contribution in [2.24, 2.45) is 34.0 Å². The maximum Gasteiger partial charge on any atom is 0.313 e. The number of fused-ring (bicyclic) bond motifs is 3. The van der Waals surface area contributed by atoms with Crippen molar-refractivity contribution >= 4 is 5.97 Å². The minimum atomic E-state index is -0.594. The molecule has 1 aliphatic heterocycles. The number of ether oxygens (including phenoxy) is 3. The van der Waals surface area contributed by atoms with Gasteiger partial charge in [0.15, 0.2) is 5.79 Å². The molecule has 4 nitrogen and oxygen atoms in total. The van der Waals surface area contributed by atoms with Crippen molar-refractivity contribution in [2.45, 2.75) is 98.4 Å². The van der Waals surface area contributed by atoms with Gasteiger partial charge in [0.2, 0.25) is 0 Å². The van der Waals surface area contributed by atoms with Gasteiger partial charge < -0.3 is 14.2 Å². The van der Waals surface area contributed by atoms with Crippen LogP contribution in [0.15, 0.2) is 12.2 Å². The normalized spacial score (nSPS) is 44.8. The molecule has 0 unspecified atom stereocenters. The number of hydrogen-bond acceptors (Lipinski definition) is 4. The fourth-order valence-electron chi connectivity index (χ4n) is 8.17. The van der Waals surface area contributed by atoms with Crippen molar-refractivity contribution in [3.8, 4) is 0 Å². The van der Waals surface area contributed by atoms with Gasteiger partial charge in [0.05, 0.1) is 12.5 Å². The van der Waals surface area contributed by atoms with Crippen LogP contribution in [0.5, 0.6) is 0 Å². The van der Waals surface area contributed by atoms with Crippen LogP contribution in [-0.2, 0) is 19.0 Å². The first-order chi connectivity index (χ1) is 13.9.